The van der Waals surface area contributed by atoms with Crippen LogP contribution in [-0.2, 0) is 15.3 Å². The summed E-state index contributed by atoms with van der Waals surface area (Å²) in [6.45, 7) is 7.73. The minimum Gasteiger partial charge on any atom is -0.464 e. The zero-order chi connectivity index (χ0) is 18.4. The Morgan fingerprint density at radius 2 is 1.88 bits per heavy atom. The van der Waals surface area contributed by atoms with Crippen LogP contribution in [0.25, 0.3) is 0 Å². The van der Waals surface area contributed by atoms with Gasteiger partial charge in [-0.05, 0) is 51.0 Å². The lowest BCUT2D eigenvalue weighted by Gasteiger charge is -2.11. The third kappa shape index (κ3) is 5.13. The predicted octanol–water partition coefficient (Wildman–Crippen LogP) is 3.87. The zero-order valence-electron chi connectivity index (χ0n) is 14.9. The van der Waals surface area contributed by atoms with E-state index >= 15 is 0 Å². The number of esters is 1. The van der Waals surface area contributed by atoms with E-state index in [1.54, 1.807) is 37.7 Å². The van der Waals surface area contributed by atoms with E-state index in [-0.39, 0.29) is 12.4 Å². The monoisotopic (exact) mass is 361 g/mol. The topological polar surface area (TPSA) is 68.5 Å². The Bertz CT molecular complexity index is 733. The first-order valence-electron chi connectivity index (χ1n) is 8.17. The second-order valence-electron chi connectivity index (χ2n) is 5.72. The van der Waals surface area contributed by atoms with E-state index in [4.69, 9.17) is 9.15 Å². The first-order chi connectivity index (χ1) is 11.9. The third-order valence-corrected chi connectivity index (χ3v) is 5.00. The Morgan fingerprint density at radius 3 is 2.52 bits per heavy atom. The van der Waals surface area contributed by atoms with Crippen LogP contribution >= 0.6 is 11.8 Å². The highest BCUT2D eigenvalue weighted by molar-refractivity contribution is 7.98. The summed E-state index contributed by atoms with van der Waals surface area (Å²) in [4.78, 5) is 24.9. The van der Waals surface area contributed by atoms with Gasteiger partial charge in [-0.15, -0.1) is 11.8 Å². The summed E-state index contributed by atoms with van der Waals surface area (Å²) in [5.41, 5.74) is 2.44. The summed E-state index contributed by atoms with van der Waals surface area (Å²) >= 11 is 1.68. The molecule has 0 aliphatic carbocycles. The fraction of sp³-hybridized carbons (Fsp3) is 0.368. The van der Waals surface area contributed by atoms with Crippen molar-refractivity contribution < 1.29 is 18.7 Å². The van der Waals surface area contributed by atoms with E-state index < -0.39 is 17.9 Å². The summed E-state index contributed by atoms with van der Waals surface area (Å²) in [6, 6.07) is 8.87. The van der Waals surface area contributed by atoms with Gasteiger partial charge < -0.3 is 14.5 Å². The van der Waals surface area contributed by atoms with Crippen LogP contribution in [0.1, 0.15) is 41.3 Å². The van der Waals surface area contributed by atoms with Gasteiger partial charge in [-0.3, -0.25) is 4.79 Å². The van der Waals surface area contributed by atoms with Gasteiger partial charge in [0.25, 0.3) is 5.91 Å². The van der Waals surface area contributed by atoms with Crippen molar-refractivity contribution in [1.82, 2.24) is 5.32 Å². The number of hydrogen-bond acceptors (Lipinski definition) is 5. The average Bonchev–Trinajstić information content (AvgIpc) is 3.03. The molecule has 6 heteroatoms. The molecule has 0 radical (unpaired) electrons. The molecule has 0 saturated heterocycles. The number of ether oxygens (including phenoxy) is 1. The number of hydrogen-bond donors (Lipinski definition) is 1. The predicted molar refractivity (Wildman–Crippen MR) is 97.7 cm³/mol. The molecule has 25 heavy (non-hydrogen) atoms. The Hall–Kier alpha value is -2.21. The quantitative estimate of drug-likeness (QED) is 0.599. The van der Waals surface area contributed by atoms with Crippen LogP contribution < -0.4 is 5.32 Å². The second-order valence-corrected chi connectivity index (χ2v) is 6.71. The van der Waals surface area contributed by atoms with Gasteiger partial charge in [-0.1, -0.05) is 18.2 Å². The van der Waals surface area contributed by atoms with Crippen molar-refractivity contribution in [2.45, 2.75) is 44.4 Å². The van der Waals surface area contributed by atoms with E-state index in [0.717, 1.165) is 0 Å². The fourth-order valence-electron chi connectivity index (χ4n) is 2.34. The molecule has 0 aliphatic rings. The summed E-state index contributed by atoms with van der Waals surface area (Å²) in [7, 11) is 0. The standard InChI is InChI=1S/C19H23NO4S/c1-5-23-19(22)14(4)20-18(21)16-10-9-15(24-16)11-25-17-12(2)7-6-8-13(17)3/h6-10,14H,5,11H2,1-4H3,(H,20,21). The smallest absolute Gasteiger partial charge is 0.328 e. The van der Waals surface area contributed by atoms with Crippen molar-refractivity contribution >= 4 is 23.6 Å². The number of carbonyl (C=O) groups excluding carboxylic acids is 2. The molecule has 1 heterocycles. The van der Waals surface area contributed by atoms with Crippen molar-refractivity contribution in [3.63, 3.8) is 0 Å². The van der Waals surface area contributed by atoms with Gasteiger partial charge in [0, 0.05) is 4.90 Å². The maximum absolute atomic E-state index is 12.1. The Labute approximate surface area is 152 Å². The number of thioether (sulfide) groups is 1. The molecule has 1 aromatic carbocycles. The maximum atomic E-state index is 12.1. The normalized spacial score (nSPS) is 11.8. The van der Waals surface area contributed by atoms with Gasteiger partial charge in [0.1, 0.15) is 11.8 Å². The molecule has 0 fully saturated rings. The molecule has 5 nitrogen and oxygen atoms in total. The van der Waals surface area contributed by atoms with Crippen molar-refractivity contribution in [2.75, 3.05) is 6.61 Å². The van der Waals surface area contributed by atoms with Crippen LogP contribution in [-0.4, -0.2) is 24.5 Å². The number of furan rings is 1. The lowest BCUT2D eigenvalue weighted by molar-refractivity contribution is -0.144. The van der Waals surface area contributed by atoms with Crippen molar-refractivity contribution in [3.8, 4) is 0 Å². The van der Waals surface area contributed by atoms with Crippen LogP contribution in [0.5, 0.6) is 0 Å². The fourth-order valence-corrected chi connectivity index (χ4v) is 3.37. The molecule has 0 saturated carbocycles. The van der Waals surface area contributed by atoms with Crippen LogP contribution in [0.4, 0.5) is 0 Å². The minimum atomic E-state index is -0.718. The summed E-state index contributed by atoms with van der Waals surface area (Å²) in [6.07, 6.45) is 0. The van der Waals surface area contributed by atoms with Crippen LogP contribution in [0.3, 0.4) is 0 Å². The largest absolute Gasteiger partial charge is 0.464 e. The SMILES string of the molecule is CCOC(=O)C(C)NC(=O)c1ccc(CSc2c(C)cccc2C)o1. The summed E-state index contributed by atoms with van der Waals surface area (Å²) in [5.74, 6) is 0.638. The highest BCUT2D eigenvalue weighted by Gasteiger charge is 2.19. The summed E-state index contributed by atoms with van der Waals surface area (Å²) < 4.78 is 10.5. The van der Waals surface area contributed by atoms with Gasteiger partial charge in [-0.2, -0.15) is 0 Å². The molecule has 1 N–H and O–H groups in total. The average molecular weight is 361 g/mol. The molecule has 0 spiro atoms. The van der Waals surface area contributed by atoms with Gasteiger partial charge >= 0.3 is 5.97 Å². The van der Waals surface area contributed by atoms with Crippen molar-refractivity contribution in [2.24, 2.45) is 0 Å². The molecule has 1 amide bonds. The third-order valence-electron chi connectivity index (χ3n) is 3.64. The van der Waals surface area contributed by atoms with Crippen molar-refractivity contribution in [1.29, 1.82) is 0 Å². The zero-order valence-corrected chi connectivity index (χ0v) is 15.7. The lowest BCUT2D eigenvalue weighted by atomic mass is 10.2. The van der Waals surface area contributed by atoms with E-state index in [0.29, 0.717) is 11.5 Å². The highest BCUT2D eigenvalue weighted by atomic mass is 32.2. The number of carbonyl (C=O) groups is 2. The molecule has 134 valence electrons. The molecule has 1 aromatic heterocycles. The lowest BCUT2D eigenvalue weighted by Crippen LogP contribution is -2.39. The molecule has 0 bridgehead atoms. The first kappa shape index (κ1) is 19.1. The minimum absolute atomic E-state index is 0.188. The maximum Gasteiger partial charge on any atom is 0.328 e. The van der Waals surface area contributed by atoms with Gasteiger partial charge in [-0.25, -0.2) is 4.79 Å². The van der Waals surface area contributed by atoms with Gasteiger partial charge in [0.05, 0.1) is 12.4 Å². The second kappa shape index (κ2) is 8.76. The Morgan fingerprint density at radius 1 is 1.20 bits per heavy atom. The molecule has 0 aliphatic heterocycles. The first-order valence-corrected chi connectivity index (χ1v) is 9.16. The molecule has 2 rings (SSSR count). The molecule has 1 atom stereocenters. The Kier molecular flexibility index (Phi) is 6.70. The molecule has 1 unspecified atom stereocenters. The van der Waals surface area contributed by atoms with Crippen LogP contribution in [0.15, 0.2) is 39.6 Å². The van der Waals surface area contributed by atoms with Crippen molar-refractivity contribution in [3.05, 3.63) is 53.0 Å². The number of benzene rings is 1. The molecular formula is C19H23NO4S. The van der Waals surface area contributed by atoms with E-state index in [9.17, 15) is 9.59 Å². The molecule has 2 aromatic rings. The van der Waals surface area contributed by atoms with E-state index in [1.165, 1.54) is 16.0 Å². The number of nitrogens with one attached hydrogen (secondary N) is 1. The van der Waals surface area contributed by atoms with E-state index in [1.807, 2.05) is 6.07 Å². The van der Waals surface area contributed by atoms with E-state index in [2.05, 4.69) is 31.3 Å². The van der Waals surface area contributed by atoms with Gasteiger partial charge in [0.15, 0.2) is 5.76 Å². The number of rotatable bonds is 7. The molecular weight excluding hydrogens is 338 g/mol. The van der Waals surface area contributed by atoms with Gasteiger partial charge in [0.2, 0.25) is 0 Å². The van der Waals surface area contributed by atoms with Crippen LogP contribution in [0, 0.1) is 13.8 Å². The number of aryl methyl sites for hydroxylation is 2. The highest BCUT2D eigenvalue weighted by Crippen LogP contribution is 2.29. The Balaban J connectivity index is 1.95. The summed E-state index contributed by atoms with van der Waals surface area (Å²) in [5, 5.41) is 2.57. The van der Waals surface area contributed by atoms with Crippen LogP contribution in [0.2, 0.25) is 0 Å². The number of amides is 1.